The van der Waals surface area contributed by atoms with E-state index in [1.54, 1.807) is 23.5 Å². The van der Waals surface area contributed by atoms with Crippen LogP contribution in [0.1, 0.15) is 80.3 Å². The Kier molecular flexibility index (Phi) is 6.43. The third-order valence-electron chi connectivity index (χ3n) is 9.36. The van der Waals surface area contributed by atoms with Crippen molar-refractivity contribution in [1.29, 1.82) is 0 Å². The van der Waals surface area contributed by atoms with Gasteiger partial charge in [-0.15, -0.1) is 11.3 Å². The van der Waals surface area contributed by atoms with Crippen LogP contribution >= 0.6 is 11.3 Å². The van der Waals surface area contributed by atoms with Crippen molar-refractivity contribution >= 4 is 23.2 Å². The molecule has 1 unspecified atom stereocenters. The van der Waals surface area contributed by atoms with E-state index in [1.807, 2.05) is 9.80 Å². The van der Waals surface area contributed by atoms with Crippen LogP contribution in [0, 0.1) is 29.0 Å². The van der Waals surface area contributed by atoms with Crippen LogP contribution in [0.2, 0.25) is 0 Å². The van der Waals surface area contributed by atoms with Gasteiger partial charge in [0, 0.05) is 18.0 Å². The van der Waals surface area contributed by atoms with E-state index in [2.05, 4.69) is 18.4 Å². The number of thiophene rings is 1. The van der Waals surface area contributed by atoms with E-state index in [1.165, 1.54) is 36.3 Å². The molecule has 36 heavy (non-hydrogen) atoms. The van der Waals surface area contributed by atoms with E-state index < -0.39 is 0 Å². The summed E-state index contributed by atoms with van der Waals surface area (Å²) in [4.78, 5) is 33.3. The second kappa shape index (κ2) is 9.59. The molecular weight excluding hydrogens is 471 g/mol. The maximum atomic E-state index is 14.2. The Balaban J connectivity index is 1.26. The first kappa shape index (κ1) is 24.1. The Labute approximate surface area is 217 Å². The van der Waals surface area contributed by atoms with E-state index in [-0.39, 0.29) is 35.6 Å². The lowest BCUT2D eigenvalue weighted by molar-refractivity contribution is -0.160. The van der Waals surface area contributed by atoms with Crippen molar-refractivity contribution in [2.75, 3.05) is 19.6 Å². The van der Waals surface area contributed by atoms with Crippen LogP contribution in [0.5, 0.6) is 0 Å². The van der Waals surface area contributed by atoms with E-state index in [0.717, 1.165) is 49.7 Å². The predicted octanol–water partition coefficient (Wildman–Crippen LogP) is 6.21. The summed E-state index contributed by atoms with van der Waals surface area (Å²) in [6, 6.07) is 8.41. The molecular formula is C30H37FN2O2S. The lowest BCUT2D eigenvalue weighted by Crippen LogP contribution is -2.56. The monoisotopic (exact) mass is 508 g/mol. The van der Waals surface area contributed by atoms with E-state index in [9.17, 15) is 14.0 Å². The number of fused-ring (bicyclic) bond motifs is 1. The molecule has 4 bridgehead atoms. The predicted molar refractivity (Wildman–Crippen MR) is 140 cm³/mol. The first-order valence-corrected chi connectivity index (χ1v) is 14.7. The Bertz CT molecular complexity index is 1090. The lowest BCUT2D eigenvalue weighted by Gasteiger charge is -2.56. The van der Waals surface area contributed by atoms with Gasteiger partial charge in [-0.3, -0.25) is 9.59 Å². The number of hydrogen-bond acceptors (Lipinski definition) is 3. The highest BCUT2D eigenvalue weighted by Gasteiger charge is 2.55. The van der Waals surface area contributed by atoms with Crippen LogP contribution in [0.25, 0.3) is 0 Å². The van der Waals surface area contributed by atoms with Crippen molar-refractivity contribution in [3.8, 4) is 0 Å². The first-order valence-electron chi connectivity index (χ1n) is 13.9. The fraction of sp³-hybridized carbons (Fsp3) is 0.600. The molecule has 2 heterocycles. The molecule has 6 heteroatoms. The molecule has 0 radical (unpaired) electrons. The van der Waals surface area contributed by atoms with E-state index >= 15 is 0 Å². The summed E-state index contributed by atoms with van der Waals surface area (Å²) in [5.41, 5.74) is 1.83. The van der Waals surface area contributed by atoms with Crippen molar-refractivity contribution in [1.82, 2.24) is 9.80 Å². The van der Waals surface area contributed by atoms with Gasteiger partial charge in [-0.25, -0.2) is 4.39 Å². The highest BCUT2D eigenvalue weighted by Crippen LogP contribution is 2.60. The Morgan fingerprint density at radius 3 is 2.36 bits per heavy atom. The summed E-state index contributed by atoms with van der Waals surface area (Å²) < 4.78 is 13.7. The number of carbonyl (C=O) groups excluding carboxylic acids is 2. The molecule has 192 valence electrons. The van der Waals surface area contributed by atoms with Gasteiger partial charge < -0.3 is 9.80 Å². The molecule has 4 saturated carbocycles. The summed E-state index contributed by atoms with van der Waals surface area (Å²) in [7, 11) is 0. The third kappa shape index (κ3) is 4.29. The van der Waals surface area contributed by atoms with Gasteiger partial charge >= 0.3 is 0 Å². The number of unbranched alkanes of at least 4 members (excludes halogenated alkanes) is 1. The van der Waals surface area contributed by atoms with Crippen LogP contribution in [0.15, 0.2) is 35.7 Å². The molecule has 0 saturated heterocycles. The maximum absolute atomic E-state index is 14.2. The SMILES string of the molecule is CCCCN(CC(=O)N1CCc2sccc2C1c1ccc(F)cc1)C(=O)C12CC3CC(CC(C3)C1)C2. The van der Waals surface area contributed by atoms with Crippen molar-refractivity contribution in [2.45, 2.75) is 70.8 Å². The zero-order chi connectivity index (χ0) is 24.9. The molecule has 1 aliphatic heterocycles. The Hall–Kier alpha value is -2.21. The first-order chi connectivity index (χ1) is 17.5. The summed E-state index contributed by atoms with van der Waals surface area (Å²) in [5, 5.41) is 2.08. The minimum atomic E-state index is -0.273. The second-order valence-electron chi connectivity index (χ2n) is 11.9. The molecule has 2 aromatic rings. The molecule has 1 aromatic heterocycles. The number of benzene rings is 1. The van der Waals surface area contributed by atoms with Crippen molar-refractivity contribution < 1.29 is 14.0 Å². The average molecular weight is 509 g/mol. The van der Waals surface area contributed by atoms with Gasteiger partial charge in [0.2, 0.25) is 11.8 Å². The minimum absolute atomic E-state index is 0.00959. The highest BCUT2D eigenvalue weighted by atomic mass is 32.1. The van der Waals surface area contributed by atoms with Gasteiger partial charge in [0.05, 0.1) is 18.0 Å². The Morgan fingerprint density at radius 2 is 1.72 bits per heavy atom. The second-order valence-corrected chi connectivity index (χ2v) is 12.9. The van der Waals surface area contributed by atoms with E-state index in [4.69, 9.17) is 0 Å². The molecule has 7 rings (SSSR count). The minimum Gasteiger partial charge on any atom is -0.333 e. The number of amides is 2. The maximum Gasteiger partial charge on any atom is 0.242 e. The average Bonchev–Trinajstić information content (AvgIpc) is 3.34. The number of rotatable bonds is 7. The normalized spacial score (nSPS) is 30.3. The van der Waals surface area contributed by atoms with Crippen LogP contribution in [0.3, 0.4) is 0 Å². The molecule has 0 spiro atoms. The summed E-state index contributed by atoms with van der Waals surface area (Å²) in [5.74, 6) is 2.08. The van der Waals surface area contributed by atoms with Gasteiger partial charge in [-0.05, 0) is 104 Å². The van der Waals surface area contributed by atoms with Crippen molar-refractivity contribution in [3.63, 3.8) is 0 Å². The number of carbonyl (C=O) groups is 2. The van der Waals surface area contributed by atoms with Gasteiger partial charge in [0.25, 0.3) is 0 Å². The van der Waals surface area contributed by atoms with Crippen molar-refractivity contribution in [3.05, 3.63) is 57.5 Å². The largest absolute Gasteiger partial charge is 0.333 e. The molecule has 2 amide bonds. The summed E-state index contributed by atoms with van der Waals surface area (Å²) in [6.07, 6.45) is 9.72. The zero-order valence-electron chi connectivity index (χ0n) is 21.3. The van der Waals surface area contributed by atoms with Crippen LogP contribution in [-0.4, -0.2) is 41.2 Å². The Morgan fingerprint density at radius 1 is 1.06 bits per heavy atom. The van der Waals surface area contributed by atoms with Gasteiger partial charge in [-0.1, -0.05) is 25.5 Å². The van der Waals surface area contributed by atoms with E-state index in [0.29, 0.717) is 30.8 Å². The standard InChI is InChI=1S/C30H37FN2O2S/c1-2-3-10-32(29(35)30-16-20-13-21(17-30)15-22(14-20)18-30)19-27(34)33-11-8-26-25(9-12-36-26)28(33)23-4-6-24(31)7-5-23/h4-7,9,12,20-22,28H,2-3,8,10-11,13-19H2,1H3. The van der Waals surface area contributed by atoms with Gasteiger partial charge in [-0.2, -0.15) is 0 Å². The zero-order valence-corrected chi connectivity index (χ0v) is 22.1. The van der Waals surface area contributed by atoms with Crippen molar-refractivity contribution in [2.24, 2.45) is 23.2 Å². The van der Waals surface area contributed by atoms with Crippen LogP contribution < -0.4 is 0 Å². The van der Waals surface area contributed by atoms with Gasteiger partial charge in [0.15, 0.2) is 0 Å². The molecule has 4 fully saturated rings. The lowest BCUT2D eigenvalue weighted by atomic mass is 9.49. The number of halogens is 1. The molecule has 1 atom stereocenters. The smallest absolute Gasteiger partial charge is 0.242 e. The summed E-state index contributed by atoms with van der Waals surface area (Å²) >= 11 is 1.73. The quantitative estimate of drug-likeness (QED) is 0.446. The molecule has 1 aromatic carbocycles. The van der Waals surface area contributed by atoms with Crippen LogP contribution in [-0.2, 0) is 16.0 Å². The molecule has 4 nitrogen and oxygen atoms in total. The number of nitrogens with zero attached hydrogens (tertiary/aromatic N) is 2. The molecule has 4 aliphatic carbocycles. The molecule has 5 aliphatic rings. The fourth-order valence-electron chi connectivity index (χ4n) is 8.15. The van der Waals surface area contributed by atoms with Gasteiger partial charge in [0.1, 0.15) is 5.82 Å². The topological polar surface area (TPSA) is 40.6 Å². The highest BCUT2D eigenvalue weighted by molar-refractivity contribution is 7.10. The number of hydrogen-bond donors (Lipinski definition) is 0. The van der Waals surface area contributed by atoms with Crippen LogP contribution in [0.4, 0.5) is 4.39 Å². The molecule has 0 N–H and O–H groups in total. The summed E-state index contributed by atoms with van der Waals surface area (Å²) in [6.45, 7) is 3.57. The fourth-order valence-corrected chi connectivity index (χ4v) is 9.06. The third-order valence-corrected chi connectivity index (χ3v) is 10.4.